The summed E-state index contributed by atoms with van der Waals surface area (Å²) in [6.45, 7) is 4.84. The van der Waals surface area contributed by atoms with Crippen LogP contribution in [0.25, 0.3) is 0 Å². The zero-order valence-corrected chi connectivity index (χ0v) is 12.5. The topological polar surface area (TPSA) is 84.4 Å². The summed E-state index contributed by atoms with van der Waals surface area (Å²) in [6.07, 6.45) is 0. The van der Waals surface area contributed by atoms with Gasteiger partial charge >= 0.3 is 0 Å². The standard InChI is InChI=1S/C15H20N4O2/c1-4-17-15(20)13-6-5-11(16)8-14(13)19(3)9-12-7-10(2)21-18-12/h5-8H,4,9,16H2,1-3H3,(H,17,20). The average Bonchev–Trinajstić information content (AvgIpc) is 2.84. The number of nitrogens with one attached hydrogen (secondary N) is 1. The van der Waals surface area contributed by atoms with Gasteiger partial charge in [0.2, 0.25) is 0 Å². The zero-order chi connectivity index (χ0) is 15.4. The maximum atomic E-state index is 12.1. The van der Waals surface area contributed by atoms with Crippen molar-refractivity contribution in [3.63, 3.8) is 0 Å². The van der Waals surface area contributed by atoms with Gasteiger partial charge in [0.15, 0.2) is 0 Å². The summed E-state index contributed by atoms with van der Waals surface area (Å²) in [4.78, 5) is 14.1. The van der Waals surface area contributed by atoms with E-state index >= 15 is 0 Å². The number of nitrogens with two attached hydrogens (primary N) is 1. The minimum atomic E-state index is -0.115. The van der Waals surface area contributed by atoms with E-state index in [9.17, 15) is 4.79 Å². The molecule has 0 aliphatic carbocycles. The highest BCUT2D eigenvalue weighted by Gasteiger charge is 2.15. The lowest BCUT2D eigenvalue weighted by atomic mass is 10.1. The number of benzene rings is 1. The summed E-state index contributed by atoms with van der Waals surface area (Å²) in [5.41, 5.74) is 8.62. The number of nitrogen functional groups attached to an aromatic ring is 1. The van der Waals surface area contributed by atoms with Gasteiger partial charge in [-0.05, 0) is 32.0 Å². The van der Waals surface area contributed by atoms with Crippen molar-refractivity contribution in [2.75, 3.05) is 24.2 Å². The molecule has 2 aromatic rings. The molecular weight excluding hydrogens is 268 g/mol. The van der Waals surface area contributed by atoms with Crippen molar-refractivity contribution in [2.24, 2.45) is 0 Å². The van der Waals surface area contributed by atoms with Crippen molar-refractivity contribution in [3.05, 3.63) is 41.3 Å². The van der Waals surface area contributed by atoms with Crippen molar-refractivity contribution in [1.82, 2.24) is 10.5 Å². The summed E-state index contributed by atoms with van der Waals surface area (Å²) < 4.78 is 5.06. The maximum absolute atomic E-state index is 12.1. The van der Waals surface area contributed by atoms with Gasteiger partial charge in [-0.2, -0.15) is 0 Å². The highest BCUT2D eigenvalue weighted by molar-refractivity contribution is 6.00. The molecule has 0 aliphatic rings. The molecule has 0 atom stereocenters. The summed E-state index contributed by atoms with van der Waals surface area (Å²) in [5.74, 6) is 0.644. The number of nitrogens with zero attached hydrogens (tertiary/aromatic N) is 2. The number of hydrogen-bond donors (Lipinski definition) is 2. The molecule has 0 aliphatic heterocycles. The number of hydrogen-bond acceptors (Lipinski definition) is 5. The molecule has 0 fully saturated rings. The molecule has 0 saturated heterocycles. The summed E-state index contributed by atoms with van der Waals surface area (Å²) in [7, 11) is 1.89. The molecule has 0 bridgehead atoms. The normalized spacial score (nSPS) is 10.4. The second kappa shape index (κ2) is 6.30. The lowest BCUT2D eigenvalue weighted by Crippen LogP contribution is -2.26. The number of anilines is 2. The van der Waals surface area contributed by atoms with Gasteiger partial charge < -0.3 is 20.5 Å². The first-order valence-corrected chi connectivity index (χ1v) is 6.82. The molecule has 1 heterocycles. The van der Waals surface area contributed by atoms with Gasteiger partial charge in [-0.15, -0.1) is 0 Å². The van der Waals surface area contributed by atoms with E-state index in [0.717, 1.165) is 17.1 Å². The van der Waals surface area contributed by atoms with Crippen LogP contribution in [0.3, 0.4) is 0 Å². The molecule has 2 rings (SSSR count). The van der Waals surface area contributed by atoms with Crippen LogP contribution in [0.1, 0.15) is 28.7 Å². The quantitative estimate of drug-likeness (QED) is 0.821. The summed E-state index contributed by atoms with van der Waals surface area (Å²) in [6, 6.07) is 7.12. The van der Waals surface area contributed by atoms with Crippen LogP contribution in [0.15, 0.2) is 28.8 Å². The minimum absolute atomic E-state index is 0.115. The molecule has 0 radical (unpaired) electrons. The first kappa shape index (κ1) is 14.9. The Hall–Kier alpha value is -2.50. The number of rotatable bonds is 5. The number of carbonyl (C=O) groups excluding carboxylic acids is 1. The average molecular weight is 288 g/mol. The molecule has 1 aromatic heterocycles. The molecule has 0 saturated carbocycles. The fraction of sp³-hybridized carbons (Fsp3) is 0.333. The Morgan fingerprint density at radius 1 is 1.43 bits per heavy atom. The third-order valence-corrected chi connectivity index (χ3v) is 3.09. The molecule has 6 nitrogen and oxygen atoms in total. The second-order valence-corrected chi connectivity index (χ2v) is 4.92. The highest BCUT2D eigenvalue weighted by Crippen LogP contribution is 2.24. The van der Waals surface area contributed by atoms with Crippen molar-refractivity contribution < 1.29 is 9.32 Å². The molecule has 21 heavy (non-hydrogen) atoms. The van der Waals surface area contributed by atoms with Crippen molar-refractivity contribution in [2.45, 2.75) is 20.4 Å². The van der Waals surface area contributed by atoms with Crippen LogP contribution in [0.5, 0.6) is 0 Å². The van der Waals surface area contributed by atoms with Gasteiger partial charge in [0.25, 0.3) is 5.91 Å². The Morgan fingerprint density at radius 3 is 2.81 bits per heavy atom. The van der Waals surface area contributed by atoms with Crippen LogP contribution in [0.4, 0.5) is 11.4 Å². The van der Waals surface area contributed by atoms with E-state index in [4.69, 9.17) is 10.3 Å². The third kappa shape index (κ3) is 3.53. The second-order valence-electron chi connectivity index (χ2n) is 4.92. The highest BCUT2D eigenvalue weighted by atomic mass is 16.5. The summed E-state index contributed by atoms with van der Waals surface area (Å²) in [5, 5.41) is 6.77. The lowest BCUT2D eigenvalue weighted by Gasteiger charge is -2.21. The Bertz CT molecular complexity index is 636. The monoisotopic (exact) mass is 288 g/mol. The number of amides is 1. The van der Waals surface area contributed by atoms with E-state index in [2.05, 4.69) is 10.5 Å². The molecule has 0 spiro atoms. The fourth-order valence-corrected chi connectivity index (χ4v) is 2.13. The van der Waals surface area contributed by atoms with E-state index < -0.39 is 0 Å². The first-order valence-electron chi connectivity index (χ1n) is 6.82. The van der Waals surface area contributed by atoms with Crippen LogP contribution in [-0.2, 0) is 6.54 Å². The molecule has 6 heteroatoms. The molecular formula is C15H20N4O2. The van der Waals surface area contributed by atoms with Crippen LogP contribution in [0.2, 0.25) is 0 Å². The van der Waals surface area contributed by atoms with Crippen LogP contribution in [0, 0.1) is 6.92 Å². The predicted octanol–water partition coefficient (Wildman–Crippen LogP) is 1.95. The van der Waals surface area contributed by atoms with Gasteiger partial charge in [-0.25, -0.2) is 0 Å². The predicted molar refractivity (Wildman–Crippen MR) is 82.2 cm³/mol. The van der Waals surface area contributed by atoms with Gasteiger partial charge in [-0.1, -0.05) is 5.16 Å². The van der Waals surface area contributed by atoms with Gasteiger partial charge in [0, 0.05) is 25.3 Å². The van der Waals surface area contributed by atoms with E-state index in [1.807, 2.05) is 31.9 Å². The number of carbonyl (C=O) groups is 1. The Morgan fingerprint density at radius 2 is 2.19 bits per heavy atom. The van der Waals surface area contributed by atoms with Gasteiger partial charge in [-0.3, -0.25) is 4.79 Å². The van der Waals surface area contributed by atoms with E-state index in [-0.39, 0.29) is 5.91 Å². The third-order valence-electron chi connectivity index (χ3n) is 3.09. The Balaban J connectivity index is 2.28. The number of aromatic nitrogens is 1. The zero-order valence-electron chi connectivity index (χ0n) is 12.5. The van der Waals surface area contributed by atoms with Gasteiger partial charge in [0.05, 0.1) is 17.8 Å². The molecule has 1 amide bonds. The fourth-order valence-electron chi connectivity index (χ4n) is 2.13. The van der Waals surface area contributed by atoms with Crippen LogP contribution < -0.4 is 16.0 Å². The van der Waals surface area contributed by atoms with Crippen LogP contribution in [-0.4, -0.2) is 24.7 Å². The Kier molecular flexibility index (Phi) is 4.47. The van der Waals surface area contributed by atoms with E-state index in [1.165, 1.54) is 0 Å². The molecule has 0 unspecified atom stereocenters. The van der Waals surface area contributed by atoms with E-state index in [0.29, 0.717) is 24.3 Å². The molecule has 3 N–H and O–H groups in total. The Labute approximate surface area is 123 Å². The molecule has 1 aromatic carbocycles. The van der Waals surface area contributed by atoms with Crippen molar-refractivity contribution >= 4 is 17.3 Å². The summed E-state index contributed by atoms with van der Waals surface area (Å²) >= 11 is 0. The van der Waals surface area contributed by atoms with Crippen molar-refractivity contribution in [3.8, 4) is 0 Å². The molecule has 112 valence electrons. The minimum Gasteiger partial charge on any atom is -0.399 e. The number of aryl methyl sites for hydroxylation is 1. The first-order chi connectivity index (χ1) is 10.0. The van der Waals surface area contributed by atoms with Crippen molar-refractivity contribution in [1.29, 1.82) is 0 Å². The SMILES string of the molecule is CCNC(=O)c1ccc(N)cc1N(C)Cc1cc(C)on1. The van der Waals surface area contributed by atoms with Crippen LogP contribution >= 0.6 is 0 Å². The largest absolute Gasteiger partial charge is 0.399 e. The van der Waals surface area contributed by atoms with E-state index in [1.54, 1.807) is 18.2 Å². The smallest absolute Gasteiger partial charge is 0.253 e. The maximum Gasteiger partial charge on any atom is 0.253 e. The van der Waals surface area contributed by atoms with Gasteiger partial charge in [0.1, 0.15) is 11.5 Å². The lowest BCUT2D eigenvalue weighted by molar-refractivity contribution is 0.0956.